The van der Waals surface area contributed by atoms with Crippen molar-refractivity contribution in [1.29, 1.82) is 0 Å². The Morgan fingerprint density at radius 2 is 1.94 bits per heavy atom. The van der Waals surface area contributed by atoms with Gasteiger partial charge in [-0.3, -0.25) is 0 Å². The van der Waals surface area contributed by atoms with Crippen molar-refractivity contribution in [2.45, 2.75) is 38.4 Å². The lowest BCUT2D eigenvalue weighted by Gasteiger charge is -2.33. The maximum atomic E-state index is 13.0. The van der Waals surface area contributed by atoms with Crippen LogP contribution in [0, 0.1) is 6.92 Å². The minimum atomic E-state index is -4.48. The normalized spacial score (nSPS) is 16.9. The van der Waals surface area contributed by atoms with Crippen LogP contribution >= 0.6 is 0 Å². The number of benzene rings is 2. The molecule has 1 N–H and O–H groups in total. The zero-order chi connectivity index (χ0) is 22.0. The van der Waals surface area contributed by atoms with Gasteiger partial charge in [-0.05, 0) is 44.4 Å². The number of carbonyl (C=O) groups excluding carboxylic acids is 1. The van der Waals surface area contributed by atoms with Gasteiger partial charge in [0.2, 0.25) is 11.7 Å². The van der Waals surface area contributed by atoms with Crippen LogP contribution in [0.2, 0.25) is 0 Å². The number of rotatable bonds is 3. The summed E-state index contributed by atoms with van der Waals surface area (Å²) in [6, 6.07) is 11.3. The van der Waals surface area contributed by atoms with Crippen LogP contribution in [0.3, 0.4) is 0 Å². The second-order valence-electron chi connectivity index (χ2n) is 7.54. The molecule has 1 aliphatic rings. The SMILES string of the molecule is Cc1ccc(-c2noc(C3CCCCN3C(=O)Nc3cccc(C(F)(F)F)c3)n2)cc1. The lowest BCUT2D eigenvalue weighted by molar-refractivity contribution is -0.137. The number of piperidine rings is 1. The first kappa shape index (κ1) is 20.9. The summed E-state index contributed by atoms with van der Waals surface area (Å²) in [5, 5.41) is 6.60. The molecule has 1 atom stereocenters. The predicted octanol–water partition coefficient (Wildman–Crippen LogP) is 5.82. The van der Waals surface area contributed by atoms with E-state index in [2.05, 4.69) is 15.5 Å². The lowest BCUT2D eigenvalue weighted by atomic mass is 10.0. The van der Waals surface area contributed by atoms with Crippen molar-refractivity contribution in [2.75, 3.05) is 11.9 Å². The van der Waals surface area contributed by atoms with Crippen LogP contribution in [0.25, 0.3) is 11.4 Å². The summed E-state index contributed by atoms with van der Waals surface area (Å²) in [4.78, 5) is 18.9. The minimum Gasteiger partial charge on any atom is -0.337 e. The second-order valence-corrected chi connectivity index (χ2v) is 7.54. The number of carbonyl (C=O) groups is 1. The molecule has 0 spiro atoms. The summed E-state index contributed by atoms with van der Waals surface area (Å²) < 4.78 is 44.3. The molecule has 2 amide bonds. The largest absolute Gasteiger partial charge is 0.416 e. The maximum Gasteiger partial charge on any atom is 0.416 e. The highest BCUT2D eigenvalue weighted by molar-refractivity contribution is 5.89. The van der Waals surface area contributed by atoms with Crippen LogP contribution in [0.4, 0.5) is 23.7 Å². The van der Waals surface area contributed by atoms with Crippen molar-refractivity contribution < 1.29 is 22.5 Å². The molecule has 31 heavy (non-hydrogen) atoms. The smallest absolute Gasteiger partial charge is 0.337 e. The molecule has 1 aromatic heterocycles. The molecule has 1 aliphatic heterocycles. The Morgan fingerprint density at radius 1 is 1.16 bits per heavy atom. The number of likely N-dealkylation sites (tertiary alicyclic amines) is 1. The van der Waals surface area contributed by atoms with Crippen LogP contribution in [0.1, 0.15) is 42.3 Å². The van der Waals surface area contributed by atoms with Crippen LogP contribution in [-0.2, 0) is 6.18 Å². The zero-order valence-corrected chi connectivity index (χ0v) is 16.8. The summed E-state index contributed by atoms with van der Waals surface area (Å²) in [7, 11) is 0. The van der Waals surface area contributed by atoms with Crippen molar-refractivity contribution in [3.05, 3.63) is 65.5 Å². The Kier molecular flexibility index (Phi) is 5.67. The molecule has 1 fully saturated rings. The van der Waals surface area contributed by atoms with Gasteiger partial charge in [0.25, 0.3) is 0 Å². The number of nitrogens with zero attached hydrogens (tertiary/aromatic N) is 3. The van der Waals surface area contributed by atoms with Crippen LogP contribution in [0.15, 0.2) is 53.1 Å². The van der Waals surface area contributed by atoms with Crippen molar-refractivity contribution in [1.82, 2.24) is 15.0 Å². The number of anilines is 1. The number of halogens is 3. The van der Waals surface area contributed by atoms with E-state index in [0.29, 0.717) is 24.7 Å². The number of hydrogen-bond acceptors (Lipinski definition) is 4. The molecular formula is C22H21F3N4O2. The van der Waals surface area contributed by atoms with Crippen LogP contribution in [0.5, 0.6) is 0 Å². The minimum absolute atomic E-state index is 0.0787. The summed E-state index contributed by atoms with van der Waals surface area (Å²) in [5.41, 5.74) is 1.17. The summed E-state index contributed by atoms with van der Waals surface area (Å²) in [6.45, 7) is 2.42. The zero-order valence-electron chi connectivity index (χ0n) is 16.8. The molecule has 1 unspecified atom stereocenters. The third-order valence-electron chi connectivity index (χ3n) is 5.24. The monoisotopic (exact) mass is 430 g/mol. The Bertz CT molecular complexity index is 1060. The highest BCUT2D eigenvalue weighted by atomic mass is 19.4. The Hall–Kier alpha value is -3.36. The van der Waals surface area contributed by atoms with E-state index in [4.69, 9.17) is 4.52 Å². The Balaban J connectivity index is 1.53. The van der Waals surface area contributed by atoms with Crippen LogP contribution < -0.4 is 5.32 Å². The molecule has 2 heterocycles. The van der Waals surface area contributed by atoms with Gasteiger partial charge in [0.05, 0.1) is 5.56 Å². The Labute approximate surface area is 177 Å². The number of nitrogens with one attached hydrogen (secondary N) is 1. The average Bonchev–Trinajstić information content (AvgIpc) is 3.24. The van der Waals surface area contributed by atoms with Gasteiger partial charge in [-0.1, -0.05) is 41.1 Å². The summed E-state index contributed by atoms with van der Waals surface area (Å²) in [6.07, 6.45) is -2.19. The van der Waals surface area contributed by atoms with E-state index in [1.165, 1.54) is 17.0 Å². The standard InChI is InChI=1S/C22H21F3N4O2/c1-14-8-10-15(11-9-14)19-27-20(31-28-19)18-7-2-3-12-29(18)21(30)26-17-6-4-5-16(13-17)22(23,24)25/h4-6,8-11,13,18H,2-3,7,12H2,1H3,(H,26,30). The molecule has 0 radical (unpaired) electrons. The van der Waals surface area contributed by atoms with E-state index < -0.39 is 23.8 Å². The fourth-order valence-electron chi connectivity index (χ4n) is 3.59. The maximum absolute atomic E-state index is 13.0. The lowest BCUT2D eigenvalue weighted by Crippen LogP contribution is -2.41. The molecule has 3 aromatic rings. The van der Waals surface area contributed by atoms with E-state index in [1.807, 2.05) is 31.2 Å². The average molecular weight is 430 g/mol. The molecule has 0 bridgehead atoms. The molecule has 6 nitrogen and oxygen atoms in total. The topological polar surface area (TPSA) is 71.3 Å². The fourth-order valence-corrected chi connectivity index (χ4v) is 3.59. The molecule has 2 aromatic carbocycles. The first-order chi connectivity index (χ1) is 14.8. The number of amides is 2. The van der Waals surface area contributed by atoms with Gasteiger partial charge in [-0.15, -0.1) is 0 Å². The van der Waals surface area contributed by atoms with Gasteiger partial charge < -0.3 is 14.7 Å². The van der Waals surface area contributed by atoms with E-state index >= 15 is 0 Å². The van der Waals surface area contributed by atoms with Gasteiger partial charge in [0.15, 0.2) is 0 Å². The molecule has 9 heteroatoms. The fraction of sp³-hybridized carbons (Fsp3) is 0.318. The predicted molar refractivity (Wildman–Crippen MR) is 108 cm³/mol. The molecule has 0 aliphatic carbocycles. The number of aromatic nitrogens is 2. The van der Waals surface area contributed by atoms with Crippen molar-refractivity contribution in [2.24, 2.45) is 0 Å². The van der Waals surface area contributed by atoms with Crippen molar-refractivity contribution in [3.8, 4) is 11.4 Å². The van der Waals surface area contributed by atoms with Gasteiger partial charge in [-0.2, -0.15) is 18.2 Å². The highest BCUT2D eigenvalue weighted by Gasteiger charge is 2.33. The number of alkyl halides is 3. The van der Waals surface area contributed by atoms with E-state index in [-0.39, 0.29) is 5.69 Å². The van der Waals surface area contributed by atoms with Gasteiger partial charge in [0, 0.05) is 17.8 Å². The number of hydrogen-bond donors (Lipinski definition) is 1. The molecule has 162 valence electrons. The van der Waals surface area contributed by atoms with E-state index in [1.54, 1.807) is 0 Å². The van der Waals surface area contributed by atoms with E-state index in [9.17, 15) is 18.0 Å². The molecule has 1 saturated heterocycles. The number of aryl methyl sites for hydroxylation is 1. The first-order valence-electron chi connectivity index (χ1n) is 9.97. The summed E-state index contributed by atoms with van der Waals surface area (Å²) >= 11 is 0. The summed E-state index contributed by atoms with van der Waals surface area (Å²) in [5.74, 6) is 0.744. The van der Waals surface area contributed by atoms with E-state index in [0.717, 1.165) is 36.1 Å². The number of urea groups is 1. The molecule has 4 rings (SSSR count). The second kappa shape index (κ2) is 8.41. The molecular weight excluding hydrogens is 409 g/mol. The first-order valence-corrected chi connectivity index (χ1v) is 9.97. The van der Waals surface area contributed by atoms with Gasteiger partial charge >= 0.3 is 12.2 Å². The van der Waals surface area contributed by atoms with Crippen LogP contribution in [-0.4, -0.2) is 27.6 Å². The van der Waals surface area contributed by atoms with Crippen molar-refractivity contribution in [3.63, 3.8) is 0 Å². The Morgan fingerprint density at radius 3 is 2.68 bits per heavy atom. The third kappa shape index (κ3) is 4.70. The quantitative estimate of drug-likeness (QED) is 0.568. The van der Waals surface area contributed by atoms with Crippen molar-refractivity contribution >= 4 is 11.7 Å². The van der Waals surface area contributed by atoms with Gasteiger partial charge in [-0.25, -0.2) is 4.79 Å². The highest BCUT2D eigenvalue weighted by Crippen LogP contribution is 2.33. The van der Waals surface area contributed by atoms with Gasteiger partial charge in [0.1, 0.15) is 6.04 Å². The third-order valence-corrected chi connectivity index (χ3v) is 5.24. The molecule has 0 saturated carbocycles.